The van der Waals surface area contributed by atoms with Crippen LogP contribution in [-0.4, -0.2) is 55.1 Å². The third-order valence-electron chi connectivity index (χ3n) is 6.03. The average molecular weight is 413 g/mol. The van der Waals surface area contributed by atoms with Crippen molar-refractivity contribution in [1.29, 1.82) is 0 Å². The van der Waals surface area contributed by atoms with Gasteiger partial charge in [0.15, 0.2) is 0 Å². The van der Waals surface area contributed by atoms with Gasteiger partial charge in [-0.1, -0.05) is 13.8 Å². The van der Waals surface area contributed by atoms with E-state index in [1.54, 1.807) is 0 Å². The second kappa shape index (κ2) is 8.55. The molecule has 0 aliphatic carbocycles. The lowest BCUT2D eigenvalue weighted by Crippen LogP contribution is -2.43. The molecule has 3 heterocycles. The molecule has 2 aliphatic rings. The van der Waals surface area contributed by atoms with Gasteiger partial charge < -0.3 is 20.4 Å². The van der Waals surface area contributed by atoms with Gasteiger partial charge in [-0.05, 0) is 42.5 Å². The number of piperidine rings is 1. The van der Waals surface area contributed by atoms with Crippen molar-refractivity contribution >= 4 is 23.0 Å². The highest BCUT2D eigenvalue weighted by molar-refractivity contribution is 6.04. The van der Waals surface area contributed by atoms with Crippen molar-refractivity contribution in [2.24, 2.45) is 5.41 Å². The molecule has 30 heavy (non-hydrogen) atoms. The highest BCUT2D eigenvalue weighted by Crippen LogP contribution is 2.37. The van der Waals surface area contributed by atoms with Crippen molar-refractivity contribution in [3.63, 3.8) is 0 Å². The Morgan fingerprint density at radius 1 is 1.10 bits per heavy atom. The minimum Gasteiger partial charge on any atom is -0.370 e. The van der Waals surface area contributed by atoms with Crippen molar-refractivity contribution < 1.29 is 9.18 Å². The number of hydrogen-bond donors (Lipinski definition) is 2. The maximum atomic E-state index is 13.3. The first-order valence-corrected chi connectivity index (χ1v) is 10.6. The molecular weight excluding hydrogens is 383 g/mol. The van der Waals surface area contributed by atoms with Gasteiger partial charge in [-0.2, -0.15) is 9.37 Å². The summed E-state index contributed by atoms with van der Waals surface area (Å²) in [6.45, 7) is 10.3. The fourth-order valence-electron chi connectivity index (χ4n) is 4.01. The van der Waals surface area contributed by atoms with E-state index in [9.17, 15) is 9.18 Å². The van der Waals surface area contributed by atoms with E-state index >= 15 is 0 Å². The van der Waals surface area contributed by atoms with E-state index in [-0.39, 0.29) is 5.69 Å². The van der Waals surface area contributed by atoms with Crippen molar-refractivity contribution in [2.75, 3.05) is 54.4 Å². The van der Waals surface area contributed by atoms with Crippen molar-refractivity contribution in [2.45, 2.75) is 26.7 Å². The summed E-state index contributed by atoms with van der Waals surface area (Å²) >= 11 is 0. The summed E-state index contributed by atoms with van der Waals surface area (Å²) in [5, 5.41) is 6.31. The number of hydrogen-bond acceptors (Lipinski definition) is 6. The molecule has 2 N–H and O–H groups in total. The number of nitrogens with zero attached hydrogens (tertiary/aromatic N) is 4. The SMILES string of the molecule is CC1(C)CCN(c2cc(N3CCNCC3)ccc2NC(=O)c2ccnc(F)n2)CC1. The summed E-state index contributed by atoms with van der Waals surface area (Å²) in [6.07, 6.45) is 2.53. The first-order chi connectivity index (χ1) is 14.4. The predicted octanol–water partition coefficient (Wildman–Crippen LogP) is 2.90. The second-order valence-electron chi connectivity index (χ2n) is 8.75. The molecule has 7 nitrogen and oxygen atoms in total. The van der Waals surface area contributed by atoms with Crippen molar-refractivity contribution in [3.05, 3.63) is 42.2 Å². The van der Waals surface area contributed by atoms with Gasteiger partial charge in [0.25, 0.3) is 5.91 Å². The highest BCUT2D eigenvalue weighted by atomic mass is 19.1. The van der Waals surface area contributed by atoms with E-state index in [1.165, 1.54) is 12.3 Å². The van der Waals surface area contributed by atoms with Crippen LogP contribution in [0.2, 0.25) is 0 Å². The molecule has 1 aromatic carbocycles. The van der Waals surface area contributed by atoms with Crippen LogP contribution in [0.3, 0.4) is 0 Å². The van der Waals surface area contributed by atoms with Gasteiger partial charge in [0, 0.05) is 51.2 Å². The molecule has 8 heteroatoms. The first kappa shape index (κ1) is 20.5. The predicted molar refractivity (Wildman–Crippen MR) is 117 cm³/mol. The standard InChI is InChI=1S/C22H29FN6O/c1-22(2)6-11-29(12-7-22)19-15-16(28-13-9-24-10-14-28)3-4-17(19)26-20(30)18-5-8-25-21(23)27-18/h3-5,8,15,24H,6-7,9-14H2,1-2H3,(H,26,30). The second-order valence-corrected chi connectivity index (χ2v) is 8.75. The Morgan fingerprint density at radius 3 is 2.53 bits per heavy atom. The molecule has 0 spiro atoms. The molecule has 1 amide bonds. The lowest BCUT2D eigenvalue weighted by atomic mass is 9.82. The number of carbonyl (C=O) groups excluding carboxylic acids is 1. The molecule has 2 fully saturated rings. The van der Waals surface area contributed by atoms with Crippen LogP contribution in [0.1, 0.15) is 37.2 Å². The van der Waals surface area contributed by atoms with Gasteiger partial charge in [0.05, 0.1) is 11.4 Å². The van der Waals surface area contributed by atoms with Gasteiger partial charge in [-0.25, -0.2) is 4.98 Å². The maximum Gasteiger partial charge on any atom is 0.309 e. The molecule has 160 valence electrons. The largest absolute Gasteiger partial charge is 0.370 e. The number of anilines is 3. The summed E-state index contributed by atoms with van der Waals surface area (Å²) in [7, 11) is 0. The van der Waals surface area contributed by atoms with Crippen LogP contribution in [0.5, 0.6) is 0 Å². The normalized spacial score (nSPS) is 18.9. The Balaban J connectivity index is 1.62. The summed E-state index contributed by atoms with van der Waals surface area (Å²) in [4.78, 5) is 24.4. The average Bonchev–Trinajstić information content (AvgIpc) is 2.75. The molecule has 0 saturated carbocycles. The fourth-order valence-corrected chi connectivity index (χ4v) is 4.01. The van der Waals surface area contributed by atoms with Crippen LogP contribution in [0.4, 0.5) is 21.5 Å². The van der Waals surface area contributed by atoms with E-state index in [4.69, 9.17) is 0 Å². The van der Waals surface area contributed by atoms with Crippen LogP contribution in [0.15, 0.2) is 30.5 Å². The Bertz CT molecular complexity index is 902. The Morgan fingerprint density at radius 2 is 1.83 bits per heavy atom. The summed E-state index contributed by atoms with van der Waals surface area (Å²) < 4.78 is 13.3. The van der Waals surface area contributed by atoms with Crippen LogP contribution in [0, 0.1) is 11.5 Å². The third kappa shape index (κ3) is 4.70. The van der Waals surface area contributed by atoms with E-state index in [0.717, 1.165) is 69.2 Å². The highest BCUT2D eigenvalue weighted by Gasteiger charge is 2.27. The number of halogens is 1. The van der Waals surface area contributed by atoms with Crippen LogP contribution < -0.4 is 20.4 Å². The molecule has 0 unspecified atom stereocenters. The minimum absolute atomic E-state index is 0.0133. The maximum absolute atomic E-state index is 13.3. The molecule has 2 saturated heterocycles. The lowest BCUT2D eigenvalue weighted by Gasteiger charge is -2.39. The van der Waals surface area contributed by atoms with Crippen LogP contribution in [-0.2, 0) is 0 Å². The Kier molecular flexibility index (Phi) is 5.85. The van der Waals surface area contributed by atoms with Crippen LogP contribution in [0.25, 0.3) is 0 Å². The van der Waals surface area contributed by atoms with E-state index in [0.29, 0.717) is 5.41 Å². The molecule has 2 aromatic rings. The Hall–Kier alpha value is -2.74. The topological polar surface area (TPSA) is 73.4 Å². The van der Waals surface area contributed by atoms with Gasteiger partial charge in [-0.15, -0.1) is 0 Å². The number of amides is 1. The van der Waals surface area contributed by atoms with E-state index in [2.05, 4.69) is 50.3 Å². The third-order valence-corrected chi connectivity index (χ3v) is 6.03. The quantitative estimate of drug-likeness (QED) is 0.753. The zero-order valence-corrected chi connectivity index (χ0v) is 17.6. The van der Waals surface area contributed by atoms with Gasteiger partial charge >= 0.3 is 6.08 Å². The zero-order chi connectivity index (χ0) is 21.1. The number of nitrogens with one attached hydrogen (secondary N) is 2. The van der Waals surface area contributed by atoms with Crippen molar-refractivity contribution in [1.82, 2.24) is 15.3 Å². The molecular formula is C22H29FN6O. The van der Waals surface area contributed by atoms with Crippen molar-refractivity contribution in [3.8, 4) is 0 Å². The first-order valence-electron chi connectivity index (χ1n) is 10.6. The smallest absolute Gasteiger partial charge is 0.309 e. The number of benzene rings is 1. The molecule has 2 aliphatic heterocycles. The number of aromatic nitrogens is 2. The summed E-state index contributed by atoms with van der Waals surface area (Å²) in [5.74, 6) is -0.440. The zero-order valence-electron chi connectivity index (χ0n) is 17.6. The minimum atomic E-state index is -0.907. The van der Waals surface area contributed by atoms with Gasteiger partial charge in [0.2, 0.25) is 0 Å². The fraction of sp³-hybridized carbons (Fsp3) is 0.500. The van der Waals surface area contributed by atoms with E-state index in [1.807, 2.05) is 12.1 Å². The van der Waals surface area contributed by atoms with Gasteiger partial charge in [0.1, 0.15) is 5.69 Å². The monoisotopic (exact) mass is 412 g/mol. The number of piperazine rings is 1. The van der Waals surface area contributed by atoms with E-state index < -0.39 is 12.0 Å². The molecule has 0 bridgehead atoms. The van der Waals surface area contributed by atoms with Crippen LogP contribution >= 0.6 is 0 Å². The summed E-state index contributed by atoms with van der Waals surface area (Å²) in [6, 6.07) is 7.57. The summed E-state index contributed by atoms with van der Waals surface area (Å²) in [5.41, 5.74) is 3.22. The molecule has 0 radical (unpaired) electrons. The number of rotatable bonds is 4. The molecule has 4 rings (SSSR count). The lowest BCUT2D eigenvalue weighted by molar-refractivity contribution is 0.102. The van der Waals surface area contributed by atoms with Gasteiger partial charge in [-0.3, -0.25) is 4.79 Å². The Labute approximate surface area is 176 Å². The molecule has 0 atom stereocenters. The molecule has 1 aromatic heterocycles. The number of carbonyl (C=O) groups is 1.